The van der Waals surface area contributed by atoms with E-state index in [9.17, 15) is 0 Å². The molecular weight excluding hydrogens is 268 g/mol. The van der Waals surface area contributed by atoms with Crippen LogP contribution in [0.1, 0.15) is 32.1 Å². The van der Waals surface area contributed by atoms with Crippen LogP contribution >= 0.6 is 0 Å². The molecule has 18 heavy (non-hydrogen) atoms. The van der Waals surface area contributed by atoms with Crippen LogP contribution in [-0.4, -0.2) is 56.3 Å². The molecule has 0 rings (SSSR count). The van der Waals surface area contributed by atoms with Gasteiger partial charge in [-0.15, -0.1) is 0 Å². The quantitative estimate of drug-likeness (QED) is 0.250. The first-order valence-corrected chi connectivity index (χ1v) is 5.96. The molecule has 0 amide bonds. The van der Waals surface area contributed by atoms with E-state index in [1.807, 2.05) is 0 Å². The molecule has 0 aliphatic carbocycles. The van der Waals surface area contributed by atoms with Crippen molar-refractivity contribution in [2.75, 3.05) is 41.0 Å². The summed E-state index contributed by atoms with van der Waals surface area (Å²) in [6, 6.07) is 0. The minimum absolute atomic E-state index is 0. The Morgan fingerprint density at radius 1 is 0.833 bits per heavy atom. The van der Waals surface area contributed by atoms with Crippen molar-refractivity contribution >= 4 is 0 Å². The van der Waals surface area contributed by atoms with Gasteiger partial charge in [0.1, 0.15) is 0 Å². The summed E-state index contributed by atoms with van der Waals surface area (Å²) in [6.07, 6.45) is 6.03. The standard InChI is InChI=1S/C9H21N2.3CH4O.Ti/c1-2-8-11-9-6-4-3-5-7-10;3*1-2;/h11H,1-10H2;3*2H,1H3;/q-1;;;;. The summed E-state index contributed by atoms with van der Waals surface area (Å²) >= 11 is 0. The van der Waals surface area contributed by atoms with Gasteiger partial charge in [-0.25, -0.2) is 0 Å². The monoisotopic (exact) mass is 301 g/mol. The first kappa shape index (κ1) is 31.1. The van der Waals surface area contributed by atoms with Crippen LogP contribution < -0.4 is 11.1 Å². The Kier molecular flexibility index (Phi) is 91.2. The van der Waals surface area contributed by atoms with E-state index in [0.29, 0.717) is 0 Å². The second-order valence-electron chi connectivity index (χ2n) is 2.81. The molecule has 0 aromatic carbocycles. The van der Waals surface area contributed by atoms with Gasteiger partial charge in [-0.3, -0.25) is 0 Å². The molecule has 0 bridgehead atoms. The van der Waals surface area contributed by atoms with E-state index in [1.54, 1.807) is 0 Å². The molecule has 0 spiro atoms. The number of hydrogen-bond donors (Lipinski definition) is 5. The Balaban J connectivity index is -0.0000000700. The average Bonchev–Trinajstić information content (AvgIpc) is 2.45. The van der Waals surface area contributed by atoms with E-state index in [2.05, 4.69) is 12.2 Å². The Bertz CT molecular complexity index is 74.3. The van der Waals surface area contributed by atoms with Gasteiger partial charge in [-0.2, -0.15) is 6.42 Å². The van der Waals surface area contributed by atoms with Crippen LogP contribution in [-0.2, 0) is 21.7 Å². The van der Waals surface area contributed by atoms with Crippen molar-refractivity contribution in [3.8, 4) is 0 Å². The number of unbranched alkanes of at least 4 members (excludes halogenated alkanes) is 3. The van der Waals surface area contributed by atoms with Crippen molar-refractivity contribution in [1.82, 2.24) is 5.32 Å². The van der Waals surface area contributed by atoms with Crippen molar-refractivity contribution in [1.29, 1.82) is 0 Å². The molecule has 0 fully saturated rings. The second-order valence-corrected chi connectivity index (χ2v) is 2.81. The fraction of sp³-hybridized carbons (Fsp3) is 0.917. The third kappa shape index (κ3) is 54.8. The van der Waals surface area contributed by atoms with Gasteiger partial charge in [0.15, 0.2) is 0 Å². The molecule has 0 aliphatic rings. The van der Waals surface area contributed by atoms with E-state index >= 15 is 0 Å². The third-order valence-electron chi connectivity index (χ3n) is 1.66. The van der Waals surface area contributed by atoms with E-state index in [0.717, 1.165) is 47.4 Å². The molecule has 114 valence electrons. The molecule has 0 unspecified atom stereocenters. The fourth-order valence-corrected chi connectivity index (χ4v) is 0.998. The zero-order valence-electron chi connectivity index (χ0n) is 12.3. The summed E-state index contributed by atoms with van der Waals surface area (Å²) in [6.45, 7) is 6.78. The van der Waals surface area contributed by atoms with E-state index in [4.69, 9.17) is 21.1 Å². The van der Waals surface area contributed by atoms with Gasteiger partial charge in [-0.1, -0.05) is 12.8 Å². The van der Waals surface area contributed by atoms with Crippen LogP contribution in [0.5, 0.6) is 0 Å². The minimum Gasteiger partial charge on any atom is -0.400 e. The van der Waals surface area contributed by atoms with Crippen molar-refractivity contribution < 1.29 is 37.0 Å². The molecule has 0 atom stereocenters. The molecule has 0 heterocycles. The summed E-state index contributed by atoms with van der Waals surface area (Å²) in [7, 11) is 3.00. The molecule has 0 aliphatic heterocycles. The molecule has 6 N–H and O–H groups in total. The summed E-state index contributed by atoms with van der Waals surface area (Å²) in [5.74, 6) is 0. The number of aliphatic hydroxyl groups is 3. The second kappa shape index (κ2) is 52.8. The largest absolute Gasteiger partial charge is 0.400 e. The predicted molar refractivity (Wildman–Crippen MR) is 74.8 cm³/mol. The molecule has 6 heteroatoms. The summed E-state index contributed by atoms with van der Waals surface area (Å²) in [4.78, 5) is 0. The van der Waals surface area contributed by atoms with Gasteiger partial charge >= 0.3 is 0 Å². The molecular formula is C12H33N2O3Ti-. The Morgan fingerprint density at radius 3 is 1.67 bits per heavy atom. The number of rotatable bonds is 8. The van der Waals surface area contributed by atoms with Gasteiger partial charge in [0.2, 0.25) is 0 Å². The fourth-order valence-electron chi connectivity index (χ4n) is 0.998. The van der Waals surface area contributed by atoms with Crippen LogP contribution in [0.25, 0.3) is 0 Å². The maximum atomic E-state index is 7.00. The minimum atomic E-state index is 0. The van der Waals surface area contributed by atoms with Gasteiger partial charge in [0.25, 0.3) is 0 Å². The van der Waals surface area contributed by atoms with E-state index < -0.39 is 0 Å². The van der Waals surface area contributed by atoms with Crippen molar-refractivity contribution in [3.63, 3.8) is 0 Å². The van der Waals surface area contributed by atoms with Crippen LogP contribution in [0.3, 0.4) is 0 Å². The number of nitrogens with two attached hydrogens (primary N) is 1. The number of hydrogen-bond acceptors (Lipinski definition) is 5. The number of aliphatic hydroxyl groups excluding tert-OH is 3. The van der Waals surface area contributed by atoms with Gasteiger partial charge in [0.05, 0.1) is 0 Å². The van der Waals surface area contributed by atoms with Gasteiger partial charge in [0, 0.05) is 43.0 Å². The molecule has 0 radical (unpaired) electrons. The first-order chi connectivity index (χ1) is 8.41. The van der Waals surface area contributed by atoms with Gasteiger partial charge in [-0.05, 0) is 32.5 Å². The van der Waals surface area contributed by atoms with Crippen molar-refractivity contribution in [2.24, 2.45) is 5.73 Å². The average molecular weight is 301 g/mol. The van der Waals surface area contributed by atoms with Crippen LogP contribution in [0.2, 0.25) is 0 Å². The molecule has 0 aromatic rings. The first-order valence-electron chi connectivity index (χ1n) is 5.96. The maximum absolute atomic E-state index is 7.00. The SMILES string of the molecule is CO.CO.CO.[CH2-]CCNCCCCCCN.[Ti]. The Morgan fingerprint density at radius 2 is 1.28 bits per heavy atom. The topological polar surface area (TPSA) is 98.7 Å². The normalized spacial score (nSPS) is 7.33. The summed E-state index contributed by atoms with van der Waals surface area (Å²) < 4.78 is 0. The molecule has 0 aromatic heterocycles. The van der Waals surface area contributed by atoms with E-state index in [-0.39, 0.29) is 21.7 Å². The summed E-state index contributed by atoms with van der Waals surface area (Å²) in [5.41, 5.74) is 5.37. The van der Waals surface area contributed by atoms with Crippen LogP contribution in [0.15, 0.2) is 0 Å². The zero-order valence-corrected chi connectivity index (χ0v) is 13.8. The van der Waals surface area contributed by atoms with Crippen LogP contribution in [0.4, 0.5) is 0 Å². The number of nitrogens with one attached hydrogen (secondary N) is 1. The molecule has 0 saturated heterocycles. The van der Waals surface area contributed by atoms with Crippen molar-refractivity contribution in [3.05, 3.63) is 6.92 Å². The van der Waals surface area contributed by atoms with E-state index in [1.165, 1.54) is 25.7 Å². The summed E-state index contributed by atoms with van der Waals surface area (Å²) in [5, 5.41) is 24.3. The Hall–Kier alpha value is 0.514. The zero-order chi connectivity index (χ0) is 14.4. The maximum Gasteiger partial charge on any atom is 0.0319 e. The van der Waals surface area contributed by atoms with Gasteiger partial charge < -0.3 is 33.3 Å². The molecule has 0 saturated carbocycles. The Labute approximate surface area is 128 Å². The smallest absolute Gasteiger partial charge is 0.0319 e. The third-order valence-corrected chi connectivity index (χ3v) is 1.66. The predicted octanol–water partition coefficient (Wildman–Crippen LogP) is 0.142. The van der Waals surface area contributed by atoms with Crippen LogP contribution in [0, 0.1) is 6.92 Å². The van der Waals surface area contributed by atoms with Crippen molar-refractivity contribution in [2.45, 2.75) is 32.1 Å². The molecule has 5 nitrogen and oxygen atoms in total.